The number of para-hydroxylation sites is 1. The van der Waals surface area contributed by atoms with Crippen LogP contribution in [0.4, 0.5) is 0 Å². The van der Waals surface area contributed by atoms with Crippen molar-refractivity contribution in [2.24, 2.45) is 46.3 Å². The molecule has 222 valence electrons. The van der Waals surface area contributed by atoms with Crippen LogP contribution in [0.15, 0.2) is 42.0 Å². The maximum absolute atomic E-state index is 13.3. The number of hydrogen-bond donors (Lipinski definition) is 0. The second-order valence-electron chi connectivity index (χ2n) is 14.9. The van der Waals surface area contributed by atoms with Gasteiger partial charge < -0.3 is 4.74 Å². The van der Waals surface area contributed by atoms with Crippen LogP contribution in [-0.2, 0) is 4.79 Å². The second-order valence-corrected chi connectivity index (χ2v) is 16.2. The summed E-state index contributed by atoms with van der Waals surface area (Å²) in [5, 5.41) is 0.607. The maximum atomic E-state index is 13.3. The molecule has 1 aromatic carbocycles. The summed E-state index contributed by atoms with van der Waals surface area (Å²) >= 11 is 1.58. The van der Waals surface area contributed by atoms with Gasteiger partial charge in [-0.3, -0.25) is 4.79 Å². The molecule has 5 rings (SSSR count). The molecule has 0 N–H and O–H groups in total. The molecule has 0 spiro atoms. The highest BCUT2D eigenvalue weighted by Crippen LogP contribution is 2.67. The predicted molar refractivity (Wildman–Crippen MR) is 171 cm³/mol. The van der Waals surface area contributed by atoms with Gasteiger partial charge in [-0.05, 0) is 116 Å². The Morgan fingerprint density at radius 3 is 2.50 bits per heavy atom. The van der Waals surface area contributed by atoms with Gasteiger partial charge >= 0.3 is 0 Å². The van der Waals surface area contributed by atoms with E-state index in [2.05, 4.69) is 47.6 Å². The van der Waals surface area contributed by atoms with Crippen molar-refractivity contribution in [3.63, 3.8) is 0 Å². The van der Waals surface area contributed by atoms with Gasteiger partial charge in [-0.1, -0.05) is 102 Å². The van der Waals surface area contributed by atoms with Gasteiger partial charge in [-0.2, -0.15) is 0 Å². The van der Waals surface area contributed by atoms with Gasteiger partial charge in [0.25, 0.3) is 0 Å². The predicted octanol–water partition coefficient (Wildman–Crippen LogP) is 10.5. The molecule has 0 aliphatic heterocycles. The first-order valence-corrected chi connectivity index (χ1v) is 17.6. The van der Waals surface area contributed by atoms with E-state index in [0.717, 1.165) is 60.5 Å². The van der Waals surface area contributed by atoms with Gasteiger partial charge in [0.15, 0.2) is 6.10 Å². The number of rotatable bonds is 10. The van der Waals surface area contributed by atoms with Gasteiger partial charge in [0, 0.05) is 5.25 Å². The average molecular weight is 565 g/mol. The molecule has 0 radical (unpaired) electrons. The number of hydrogen-bond acceptors (Lipinski definition) is 3. The van der Waals surface area contributed by atoms with E-state index >= 15 is 0 Å². The highest BCUT2D eigenvalue weighted by Gasteiger charge is 2.59. The van der Waals surface area contributed by atoms with Gasteiger partial charge in [0.2, 0.25) is 5.12 Å². The summed E-state index contributed by atoms with van der Waals surface area (Å²) < 4.78 is 6.09. The summed E-state index contributed by atoms with van der Waals surface area (Å²) in [5.41, 5.74) is 2.58. The molecule has 0 unspecified atom stereocenters. The van der Waals surface area contributed by atoms with E-state index in [-0.39, 0.29) is 11.2 Å². The summed E-state index contributed by atoms with van der Waals surface area (Å²) in [4.78, 5) is 13.3. The van der Waals surface area contributed by atoms with Crippen LogP contribution in [0.3, 0.4) is 0 Å². The number of carbonyl (C=O) groups excluding carboxylic acids is 1. The third kappa shape index (κ3) is 5.97. The summed E-state index contributed by atoms with van der Waals surface area (Å²) in [6.07, 6.45) is 17.8. The molecular formula is C37H56O2S. The fourth-order valence-corrected chi connectivity index (χ4v) is 11.1. The van der Waals surface area contributed by atoms with E-state index in [1.807, 2.05) is 30.3 Å². The largest absolute Gasteiger partial charge is 0.482 e. The van der Waals surface area contributed by atoms with Crippen LogP contribution in [0.1, 0.15) is 119 Å². The lowest BCUT2D eigenvalue weighted by Crippen LogP contribution is -2.50. The molecule has 0 bridgehead atoms. The average Bonchev–Trinajstić information content (AvgIpc) is 3.29. The van der Waals surface area contributed by atoms with Crippen LogP contribution in [0.2, 0.25) is 0 Å². The van der Waals surface area contributed by atoms with Crippen molar-refractivity contribution < 1.29 is 9.53 Å². The van der Waals surface area contributed by atoms with Crippen molar-refractivity contribution in [3.8, 4) is 5.75 Å². The normalized spacial score (nSPS) is 36.7. The quantitative estimate of drug-likeness (QED) is 0.264. The Kier molecular flexibility index (Phi) is 9.50. The van der Waals surface area contributed by atoms with E-state index in [4.69, 9.17) is 4.74 Å². The standard InChI is InChI=1S/C37H56O2S/c1-7-34(39-28-14-9-8-10-15-28)35(38)40-29-20-22-36(5)27(24-29)16-17-30-32-19-18-31(26(4)13-11-12-25(2)3)37(32,6)23-21-33(30)36/h8-10,14-16,25-26,29-34H,7,11-13,17-24H2,1-6H3/t26-,29+,30+,31-,32+,33+,34-,36+,37-/m1/s1. The first kappa shape index (κ1) is 30.2. The molecular weight excluding hydrogens is 508 g/mol. The van der Waals surface area contributed by atoms with Gasteiger partial charge in [0.05, 0.1) is 0 Å². The Balaban J connectivity index is 1.22. The Morgan fingerprint density at radius 1 is 1.00 bits per heavy atom. The topological polar surface area (TPSA) is 26.3 Å². The summed E-state index contributed by atoms with van der Waals surface area (Å²) in [7, 11) is 0. The Morgan fingerprint density at radius 2 is 1.77 bits per heavy atom. The zero-order valence-corrected chi connectivity index (χ0v) is 27.1. The Hall–Kier alpha value is -1.22. The van der Waals surface area contributed by atoms with Gasteiger partial charge in [0.1, 0.15) is 5.75 Å². The molecule has 3 heteroatoms. The minimum atomic E-state index is -0.357. The molecule has 3 saturated carbocycles. The number of thioether (sulfide) groups is 1. The first-order chi connectivity index (χ1) is 19.2. The van der Waals surface area contributed by atoms with Crippen LogP contribution in [0.25, 0.3) is 0 Å². The van der Waals surface area contributed by atoms with Crippen LogP contribution in [-0.4, -0.2) is 16.5 Å². The summed E-state index contributed by atoms with van der Waals surface area (Å²) in [6.45, 7) is 14.7. The molecule has 0 aromatic heterocycles. The van der Waals surface area contributed by atoms with Crippen molar-refractivity contribution in [2.45, 2.75) is 130 Å². The number of fused-ring (bicyclic) bond motifs is 5. The van der Waals surface area contributed by atoms with Gasteiger partial charge in [-0.15, -0.1) is 0 Å². The third-order valence-corrected chi connectivity index (χ3v) is 13.4. The highest BCUT2D eigenvalue weighted by molar-refractivity contribution is 8.14. The molecule has 1 aromatic rings. The molecule has 2 nitrogen and oxygen atoms in total. The van der Waals surface area contributed by atoms with Crippen molar-refractivity contribution >= 4 is 16.9 Å². The zero-order chi connectivity index (χ0) is 28.5. The fraction of sp³-hybridized carbons (Fsp3) is 0.757. The SMILES string of the molecule is CC[C@@H](Oc1ccccc1)C(=O)S[C@H]1CC[C@@]2(C)C(=CC[C@H]3[C@@H]4CC[C@H]([C@H](C)CCCC(C)C)[C@@]4(C)CC[C@@H]32)C1. The van der Waals surface area contributed by atoms with E-state index in [1.54, 1.807) is 17.3 Å². The third-order valence-electron chi connectivity index (χ3n) is 12.2. The lowest BCUT2D eigenvalue weighted by Gasteiger charge is -2.58. The first-order valence-electron chi connectivity index (χ1n) is 16.8. The minimum absolute atomic E-state index is 0.210. The van der Waals surface area contributed by atoms with Crippen molar-refractivity contribution in [2.75, 3.05) is 0 Å². The Labute approximate surface area is 249 Å². The Bertz CT molecular complexity index is 1030. The minimum Gasteiger partial charge on any atom is -0.482 e. The smallest absolute Gasteiger partial charge is 0.229 e. The van der Waals surface area contributed by atoms with Crippen LogP contribution >= 0.6 is 11.8 Å². The van der Waals surface area contributed by atoms with E-state index in [0.29, 0.717) is 16.1 Å². The van der Waals surface area contributed by atoms with Crippen LogP contribution in [0.5, 0.6) is 5.75 Å². The molecule has 4 aliphatic rings. The van der Waals surface area contributed by atoms with Crippen molar-refractivity contribution in [1.29, 1.82) is 0 Å². The maximum Gasteiger partial charge on any atom is 0.229 e. The van der Waals surface area contributed by atoms with E-state index in [1.165, 1.54) is 57.8 Å². The van der Waals surface area contributed by atoms with Gasteiger partial charge in [-0.25, -0.2) is 0 Å². The monoisotopic (exact) mass is 564 g/mol. The molecule has 4 aliphatic carbocycles. The van der Waals surface area contributed by atoms with Crippen LogP contribution < -0.4 is 4.74 Å². The summed E-state index contributed by atoms with van der Waals surface area (Å²) in [5.74, 6) is 6.05. The fourth-order valence-electron chi connectivity index (χ4n) is 9.95. The molecule has 3 fully saturated rings. The number of carbonyl (C=O) groups is 1. The molecule has 0 heterocycles. The zero-order valence-electron chi connectivity index (χ0n) is 26.3. The number of benzene rings is 1. The lowest BCUT2D eigenvalue weighted by atomic mass is 9.47. The van der Waals surface area contributed by atoms with E-state index in [9.17, 15) is 4.79 Å². The van der Waals surface area contributed by atoms with Crippen molar-refractivity contribution in [3.05, 3.63) is 42.0 Å². The lowest BCUT2D eigenvalue weighted by molar-refractivity contribution is -0.117. The molecule has 0 saturated heterocycles. The number of ether oxygens (including phenoxy) is 1. The highest BCUT2D eigenvalue weighted by atomic mass is 32.2. The molecule has 0 amide bonds. The molecule has 9 atom stereocenters. The number of allylic oxidation sites excluding steroid dienone is 2. The van der Waals surface area contributed by atoms with E-state index < -0.39 is 0 Å². The summed E-state index contributed by atoms with van der Waals surface area (Å²) in [6, 6.07) is 9.83. The second kappa shape index (κ2) is 12.6. The van der Waals surface area contributed by atoms with Crippen molar-refractivity contribution in [1.82, 2.24) is 0 Å². The van der Waals surface area contributed by atoms with Crippen LogP contribution in [0, 0.1) is 46.3 Å². The molecule has 40 heavy (non-hydrogen) atoms.